The molecule has 0 aliphatic rings. The lowest BCUT2D eigenvalue weighted by molar-refractivity contribution is 0.187. The summed E-state index contributed by atoms with van der Waals surface area (Å²) in [7, 11) is 1.30. The first kappa shape index (κ1) is 16.2. The van der Waals surface area contributed by atoms with Crippen LogP contribution in [0.15, 0.2) is 24.3 Å². The van der Waals surface area contributed by atoms with Gasteiger partial charge in [0.05, 0.1) is 7.11 Å². The van der Waals surface area contributed by atoms with E-state index in [9.17, 15) is 4.79 Å². The molecule has 0 bridgehead atoms. The van der Waals surface area contributed by atoms with Crippen LogP contribution in [0.4, 0.5) is 9.93 Å². The van der Waals surface area contributed by atoms with E-state index in [0.29, 0.717) is 22.7 Å². The van der Waals surface area contributed by atoms with Crippen molar-refractivity contribution in [2.24, 2.45) is 0 Å². The van der Waals surface area contributed by atoms with Crippen LogP contribution in [-0.2, 0) is 11.3 Å². The van der Waals surface area contributed by atoms with E-state index < -0.39 is 6.09 Å². The maximum atomic E-state index is 11.1. The van der Waals surface area contributed by atoms with E-state index >= 15 is 0 Å². The summed E-state index contributed by atoms with van der Waals surface area (Å²) in [6.45, 7) is 4.68. The molecular formula is C15H19N3O3S. The zero-order valence-electron chi connectivity index (χ0n) is 12.8. The molecule has 1 aromatic heterocycles. The lowest BCUT2D eigenvalue weighted by Gasteiger charge is -2.10. The van der Waals surface area contributed by atoms with Gasteiger partial charge in [0.2, 0.25) is 5.13 Å². The van der Waals surface area contributed by atoms with E-state index in [-0.39, 0.29) is 0 Å². The number of ether oxygens (including phenoxy) is 2. The average molecular weight is 321 g/mol. The van der Waals surface area contributed by atoms with Crippen LogP contribution in [-0.4, -0.2) is 23.4 Å². The van der Waals surface area contributed by atoms with E-state index in [1.165, 1.54) is 24.0 Å². The maximum absolute atomic E-state index is 11.1. The van der Waals surface area contributed by atoms with E-state index in [1.54, 1.807) is 0 Å². The van der Waals surface area contributed by atoms with E-state index in [1.807, 2.05) is 12.1 Å². The molecule has 2 aromatic rings. The number of carbonyl (C=O) groups is 1. The second kappa shape index (κ2) is 7.74. The van der Waals surface area contributed by atoms with Gasteiger partial charge in [-0.3, -0.25) is 5.32 Å². The van der Waals surface area contributed by atoms with Gasteiger partial charge in [0.1, 0.15) is 12.4 Å². The van der Waals surface area contributed by atoms with Crippen LogP contribution >= 0.6 is 11.3 Å². The molecule has 1 N–H and O–H groups in total. The van der Waals surface area contributed by atoms with Crippen LogP contribution in [0.5, 0.6) is 5.75 Å². The summed E-state index contributed by atoms with van der Waals surface area (Å²) in [5.41, 5.74) is 1.30. The number of rotatable bonds is 6. The Hall–Kier alpha value is -2.15. The first-order chi connectivity index (χ1) is 10.6. The van der Waals surface area contributed by atoms with Gasteiger partial charge in [-0.15, -0.1) is 10.2 Å². The Labute approximate surface area is 133 Å². The van der Waals surface area contributed by atoms with Crippen molar-refractivity contribution in [1.82, 2.24) is 10.2 Å². The summed E-state index contributed by atoms with van der Waals surface area (Å²) >= 11 is 1.25. The molecule has 1 amide bonds. The number of hydrogen-bond donors (Lipinski definition) is 1. The third kappa shape index (κ3) is 4.42. The number of anilines is 1. The zero-order chi connectivity index (χ0) is 15.9. The second-order valence-electron chi connectivity index (χ2n) is 4.78. The number of aromatic nitrogens is 2. The molecule has 1 aromatic carbocycles. The molecule has 22 heavy (non-hydrogen) atoms. The summed E-state index contributed by atoms with van der Waals surface area (Å²) in [4.78, 5) is 11.1. The van der Waals surface area contributed by atoms with Gasteiger partial charge in [-0.25, -0.2) is 4.79 Å². The molecule has 0 saturated carbocycles. The molecule has 1 unspecified atom stereocenters. The lowest BCUT2D eigenvalue weighted by atomic mass is 9.99. The minimum absolute atomic E-state index is 0.309. The summed E-state index contributed by atoms with van der Waals surface area (Å²) in [6, 6.07) is 8.06. The first-order valence-electron chi connectivity index (χ1n) is 7.02. The van der Waals surface area contributed by atoms with Gasteiger partial charge < -0.3 is 9.47 Å². The van der Waals surface area contributed by atoms with Crippen molar-refractivity contribution in [3.8, 4) is 5.75 Å². The van der Waals surface area contributed by atoms with Crippen molar-refractivity contribution < 1.29 is 14.3 Å². The molecule has 7 heteroatoms. The summed E-state index contributed by atoms with van der Waals surface area (Å²) in [5.74, 6) is 1.33. The summed E-state index contributed by atoms with van der Waals surface area (Å²) in [6.07, 6.45) is 0.547. The van der Waals surface area contributed by atoms with E-state index in [4.69, 9.17) is 4.74 Å². The number of amides is 1. The van der Waals surface area contributed by atoms with Crippen molar-refractivity contribution in [2.75, 3.05) is 12.4 Å². The number of methoxy groups -OCH3 is 1. The monoisotopic (exact) mass is 321 g/mol. The molecule has 6 nitrogen and oxygen atoms in total. The van der Waals surface area contributed by atoms with Gasteiger partial charge in [-0.2, -0.15) is 0 Å². The summed E-state index contributed by atoms with van der Waals surface area (Å²) < 4.78 is 10.2. The molecule has 0 aliphatic heterocycles. The smallest absolute Gasteiger partial charge is 0.413 e. The van der Waals surface area contributed by atoms with Crippen molar-refractivity contribution in [2.45, 2.75) is 32.8 Å². The standard InChI is InChI=1S/C15H19N3O3S/c1-4-10(2)11-5-7-12(8-6-11)21-9-13-17-18-14(22-13)16-15(19)20-3/h5-8,10H,4,9H2,1-3H3,(H,16,18,19). The largest absolute Gasteiger partial charge is 0.486 e. The Morgan fingerprint density at radius 3 is 2.68 bits per heavy atom. The molecule has 1 atom stereocenters. The zero-order valence-corrected chi connectivity index (χ0v) is 13.6. The van der Waals surface area contributed by atoms with Crippen LogP contribution in [0, 0.1) is 0 Å². The van der Waals surface area contributed by atoms with Gasteiger partial charge in [-0.1, -0.05) is 37.3 Å². The average Bonchev–Trinajstić information content (AvgIpc) is 3.00. The van der Waals surface area contributed by atoms with Gasteiger partial charge in [0.25, 0.3) is 0 Å². The highest BCUT2D eigenvalue weighted by molar-refractivity contribution is 7.15. The fourth-order valence-electron chi connectivity index (χ4n) is 1.77. The molecule has 118 valence electrons. The fraction of sp³-hybridized carbons (Fsp3) is 0.400. The number of nitrogens with zero attached hydrogens (tertiary/aromatic N) is 2. The third-order valence-corrected chi connectivity index (χ3v) is 4.10. The van der Waals surface area contributed by atoms with Crippen molar-refractivity contribution in [3.63, 3.8) is 0 Å². The van der Waals surface area contributed by atoms with Gasteiger partial charge >= 0.3 is 6.09 Å². The Morgan fingerprint density at radius 1 is 1.32 bits per heavy atom. The SMILES string of the molecule is CCC(C)c1ccc(OCc2nnc(NC(=O)OC)s2)cc1. The number of carbonyl (C=O) groups excluding carboxylic acids is 1. The van der Waals surface area contributed by atoms with Crippen LogP contribution in [0.1, 0.15) is 36.8 Å². The first-order valence-corrected chi connectivity index (χ1v) is 7.84. The highest BCUT2D eigenvalue weighted by Gasteiger charge is 2.08. The Kier molecular flexibility index (Phi) is 5.71. The van der Waals surface area contributed by atoms with Crippen molar-refractivity contribution in [1.29, 1.82) is 0 Å². The Balaban J connectivity index is 1.89. The minimum Gasteiger partial charge on any atom is -0.486 e. The fourth-order valence-corrected chi connectivity index (χ4v) is 2.41. The summed E-state index contributed by atoms with van der Waals surface area (Å²) in [5, 5.41) is 11.3. The normalized spacial score (nSPS) is 11.8. The minimum atomic E-state index is -0.566. The maximum Gasteiger partial charge on any atom is 0.413 e. The molecule has 0 saturated heterocycles. The molecule has 0 spiro atoms. The van der Waals surface area contributed by atoms with Gasteiger partial charge in [0.15, 0.2) is 5.01 Å². The number of benzene rings is 1. The van der Waals surface area contributed by atoms with Crippen molar-refractivity contribution in [3.05, 3.63) is 34.8 Å². The molecule has 0 fully saturated rings. The Bertz CT molecular complexity index is 613. The number of hydrogen-bond acceptors (Lipinski definition) is 6. The van der Waals surface area contributed by atoms with Gasteiger partial charge in [0, 0.05) is 0 Å². The van der Waals surface area contributed by atoms with E-state index in [2.05, 4.69) is 46.2 Å². The molecule has 1 heterocycles. The number of nitrogens with one attached hydrogen (secondary N) is 1. The second-order valence-corrected chi connectivity index (χ2v) is 5.85. The topological polar surface area (TPSA) is 73.3 Å². The van der Waals surface area contributed by atoms with E-state index in [0.717, 1.165) is 12.2 Å². The Morgan fingerprint density at radius 2 is 2.05 bits per heavy atom. The van der Waals surface area contributed by atoms with Crippen LogP contribution in [0.2, 0.25) is 0 Å². The molecule has 0 aliphatic carbocycles. The quantitative estimate of drug-likeness (QED) is 0.876. The third-order valence-electron chi connectivity index (χ3n) is 3.29. The predicted octanol–water partition coefficient (Wildman–Crippen LogP) is 3.81. The highest BCUT2D eigenvalue weighted by atomic mass is 32.1. The van der Waals surface area contributed by atoms with Crippen LogP contribution < -0.4 is 10.1 Å². The lowest BCUT2D eigenvalue weighted by Crippen LogP contribution is -2.10. The van der Waals surface area contributed by atoms with Gasteiger partial charge in [-0.05, 0) is 30.0 Å². The molecule has 2 rings (SSSR count). The molecule has 0 radical (unpaired) electrons. The molecular weight excluding hydrogens is 302 g/mol. The van der Waals surface area contributed by atoms with Crippen molar-refractivity contribution >= 4 is 22.6 Å². The van der Waals surface area contributed by atoms with Crippen LogP contribution in [0.3, 0.4) is 0 Å². The predicted molar refractivity (Wildman–Crippen MR) is 85.4 cm³/mol. The van der Waals surface area contributed by atoms with Crippen LogP contribution in [0.25, 0.3) is 0 Å². The highest BCUT2D eigenvalue weighted by Crippen LogP contribution is 2.23.